The third kappa shape index (κ3) is 28.2. The van der Waals surface area contributed by atoms with Gasteiger partial charge in [0, 0.05) is 18.9 Å². The zero-order chi connectivity index (χ0) is 21.8. The lowest BCUT2D eigenvalue weighted by Crippen LogP contribution is -2.03. The Morgan fingerprint density at radius 3 is 1.59 bits per heavy atom. The number of hydrogen-bond acceptors (Lipinski definition) is 8. The number of imidazole rings is 1. The van der Waals surface area contributed by atoms with E-state index >= 15 is 0 Å². The normalized spacial score (nSPS) is 9.21. The molecule has 0 spiro atoms. The van der Waals surface area contributed by atoms with Gasteiger partial charge < -0.3 is 21.8 Å². The Balaban J connectivity index is 0. The first-order valence-corrected chi connectivity index (χ1v) is 10.4. The molecule has 0 aromatic carbocycles. The average molecular weight is 410 g/mol. The van der Waals surface area contributed by atoms with Gasteiger partial charge in [-0.25, -0.2) is 24.6 Å². The van der Waals surface area contributed by atoms with Crippen LogP contribution in [0, 0.1) is 0 Å². The third-order valence-electron chi connectivity index (χ3n) is 3.76. The second kappa shape index (κ2) is 28.1. The van der Waals surface area contributed by atoms with Gasteiger partial charge in [-0.3, -0.25) is 0 Å². The van der Waals surface area contributed by atoms with Crippen LogP contribution in [-0.2, 0) is 16.1 Å². The van der Waals surface area contributed by atoms with Gasteiger partial charge in [-0.2, -0.15) is 0 Å². The first-order chi connectivity index (χ1) is 14.3. The highest BCUT2D eigenvalue weighted by Crippen LogP contribution is 1.99. The fraction of sp³-hybridized carbons (Fsp3) is 0.750. The van der Waals surface area contributed by atoms with Crippen LogP contribution in [0.4, 0.5) is 0 Å². The van der Waals surface area contributed by atoms with Crippen molar-refractivity contribution < 1.29 is 9.59 Å². The van der Waals surface area contributed by atoms with Gasteiger partial charge in [-0.15, -0.1) is 0 Å². The summed E-state index contributed by atoms with van der Waals surface area (Å²) in [4.78, 5) is 30.0. The van der Waals surface area contributed by atoms with Crippen LogP contribution in [0.15, 0.2) is 28.7 Å². The molecular weight excluding hydrogens is 370 g/mol. The minimum Gasteiger partial charge on any atom is -0.337 e. The topological polar surface area (TPSA) is 155 Å². The quantitative estimate of drug-likeness (QED) is 0.228. The summed E-state index contributed by atoms with van der Waals surface area (Å²) in [7, 11) is 0. The highest BCUT2D eigenvalue weighted by Gasteiger charge is 1.88. The van der Waals surface area contributed by atoms with E-state index < -0.39 is 0 Å². The van der Waals surface area contributed by atoms with E-state index in [1.165, 1.54) is 25.0 Å². The van der Waals surface area contributed by atoms with Gasteiger partial charge in [0.25, 0.3) is 0 Å². The van der Waals surface area contributed by atoms with Crippen LogP contribution in [0.5, 0.6) is 0 Å². The van der Waals surface area contributed by atoms with Crippen LogP contribution in [0.3, 0.4) is 0 Å². The maximum absolute atomic E-state index is 9.63. The van der Waals surface area contributed by atoms with Crippen molar-refractivity contribution in [2.75, 3.05) is 32.7 Å². The van der Waals surface area contributed by atoms with Crippen LogP contribution in [0.1, 0.15) is 57.8 Å². The lowest BCUT2D eigenvalue weighted by molar-refractivity contribution is 0.558. The number of aliphatic imine (C=N–C) groups is 2. The SMILES string of the molecule is NCCCCCCN.NCCCn1ccnc1.O=C=NCCCCCCN=C=O. The van der Waals surface area contributed by atoms with Crippen molar-refractivity contribution in [1.82, 2.24) is 9.55 Å². The fourth-order valence-electron chi connectivity index (χ4n) is 2.16. The Labute approximate surface area is 174 Å². The number of carbonyl (C=O) groups excluding carboxylic acids is 2. The average Bonchev–Trinajstić information content (AvgIpc) is 3.26. The third-order valence-corrected chi connectivity index (χ3v) is 3.76. The Kier molecular flexibility index (Phi) is 28.1. The van der Waals surface area contributed by atoms with Gasteiger partial charge in [0.15, 0.2) is 0 Å². The fourth-order valence-corrected chi connectivity index (χ4v) is 2.16. The molecule has 1 aromatic rings. The molecule has 1 heterocycles. The van der Waals surface area contributed by atoms with Gasteiger partial charge in [0.2, 0.25) is 12.2 Å². The molecule has 166 valence electrons. The maximum Gasteiger partial charge on any atom is 0.234 e. The van der Waals surface area contributed by atoms with Crippen molar-refractivity contribution in [1.29, 1.82) is 0 Å². The van der Waals surface area contributed by atoms with E-state index in [1.807, 2.05) is 10.8 Å². The highest BCUT2D eigenvalue weighted by molar-refractivity contribution is 5.32. The van der Waals surface area contributed by atoms with E-state index in [0.29, 0.717) is 13.1 Å². The number of hydrogen-bond donors (Lipinski definition) is 3. The van der Waals surface area contributed by atoms with Crippen LogP contribution < -0.4 is 17.2 Å². The van der Waals surface area contributed by atoms with Gasteiger partial charge in [-0.05, 0) is 51.7 Å². The number of isocyanates is 2. The summed E-state index contributed by atoms with van der Waals surface area (Å²) in [6, 6.07) is 0. The maximum atomic E-state index is 9.63. The van der Waals surface area contributed by atoms with E-state index in [9.17, 15) is 9.59 Å². The first kappa shape index (κ1) is 29.1. The van der Waals surface area contributed by atoms with Crippen molar-refractivity contribution in [2.45, 2.75) is 64.3 Å². The highest BCUT2D eigenvalue weighted by atomic mass is 16.1. The molecule has 0 radical (unpaired) electrons. The van der Waals surface area contributed by atoms with E-state index in [4.69, 9.17) is 17.2 Å². The van der Waals surface area contributed by atoms with Crippen LogP contribution in [0.25, 0.3) is 0 Å². The molecule has 0 aliphatic carbocycles. The summed E-state index contributed by atoms with van der Waals surface area (Å²) in [5, 5.41) is 0. The second-order valence-corrected chi connectivity index (χ2v) is 6.29. The molecule has 0 amide bonds. The largest absolute Gasteiger partial charge is 0.337 e. The number of unbranched alkanes of at least 4 members (excludes halogenated alkanes) is 6. The Morgan fingerprint density at radius 1 is 0.724 bits per heavy atom. The number of nitrogens with zero attached hydrogens (tertiary/aromatic N) is 4. The number of rotatable bonds is 15. The summed E-state index contributed by atoms with van der Waals surface area (Å²) in [6.07, 6.45) is 18.1. The predicted octanol–water partition coefficient (Wildman–Crippen LogP) is 1.91. The van der Waals surface area contributed by atoms with Crippen molar-refractivity contribution in [2.24, 2.45) is 27.2 Å². The summed E-state index contributed by atoms with van der Waals surface area (Å²) >= 11 is 0. The molecule has 0 atom stereocenters. The van der Waals surface area contributed by atoms with Crippen molar-refractivity contribution >= 4 is 12.2 Å². The van der Waals surface area contributed by atoms with E-state index in [2.05, 4.69) is 15.0 Å². The van der Waals surface area contributed by atoms with Crippen LogP contribution in [0.2, 0.25) is 0 Å². The molecule has 0 bridgehead atoms. The standard InChI is InChI=1S/C8H12N2O2.C6H11N3.C6H16N2/c11-7-9-5-3-1-2-4-6-10-8-12;7-2-1-4-9-5-3-8-6-9;7-5-3-1-2-4-6-8/h1-6H2;3,5-6H,1-2,4,7H2;1-8H2. The van der Waals surface area contributed by atoms with Gasteiger partial charge in [-0.1, -0.05) is 25.7 Å². The second-order valence-electron chi connectivity index (χ2n) is 6.29. The molecule has 1 rings (SSSR count). The molecule has 0 saturated heterocycles. The molecule has 6 N–H and O–H groups in total. The molecule has 29 heavy (non-hydrogen) atoms. The molecule has 9 nitrogen and oxygen atoms in total. The zero-order valence-corrected chi connectivity index (χ0v) is 17.7. The molecule has 1 aromatic heterocycles. The molecule has 0 aliphatic rings. The summed E-state index contributed by atoms with van der Waals surface area (Å²) in [5.41, 5.74) is 15.9. The summed E-state index contributed by atoms with van der Waals surface area (Å²) in [5.74, 6) is 0. The van der Waals surface area contributed by atoms with E-state index in [-0.39, 0.29) is 0 Å². The van der Waals surface area contributed by atoms with E-state index in [1.54, 1.807) is 12.5 Å². The van der Waals surface area contributed by atoms with Crippen molar-refractivity contribution in [3.05, 3.63) is 18.7 Å². The Hall–Kier alpha value is -2.15. The summed E-state index contributed by atoms with van der Waals surface area (Å²) < 4.78 is 2.02. The molecule has 0 aliphatic heterocycles. The summed E-state index contributed by atoms with van der Waals surface area (Å²) in [6.45, 7) is 4.49. The lowest BCUT2D eigenvalue weighted by Gasteiger charge is -1.96. The van der Waals surface area contributed by atoms with Crippen molar-refractivity contribution in [3.63, 3.8) is 0 Å². The van der Waals surface area contributed by atoms with Crippen LogP contribution >= 0.6 is 0 Å². The number of aromatic nitrogens is 2. The van der Waals surface area contributed by atoms with Gasteiger partial charge in [0.05, 0.1) is 19.4 Å². The molecule has 0 fully saturated rings. The van der Waals surface area contributed by atoms with E-state index in [0.717, 1.165) is 71.1 Å². The smallest absolute Gasteiger partial charge is 0.234 e. The minimum absolute atomic E-state index is 0.556. The van der Waals surface area contributed by atoms with Gasteiger partial charge in [0.1, 0.15) is 0 Å². The van der Waals surface area contributed by atoms with Crippen LogP contribution in [-0.4, -0.2) is 54.4 Å². The molecule has 0 unspecified atom stereocenters. The predicted molar refractivity (Wildman–Crippen MR) is 117 cm³/mol. The molecule has 9 heteroatoms. The Morgan fingerprint density at radius 2 is 1.21 bits per heavy atom. The van der Waals surface area contributed by atoms with Gasteiger partial charge >= 0.3 is 0 Å². The zero-order valence-electron chi connectivity index (χ0n) is 17.7. The number of aryl methyl sites for hydroxylation is 1. The first-order valence-electron chi connectivity index (χ1n) is 10.4. The Bertz CT molecular complexity index is 483. The number of nitrogens with two attached hydrogens (primary N) is 3. The molecule has 0 saturated carbocycles. The van der Waals surface area contributed by atoms with Crippen molar-refractivity contribution in [3.8, 4) is 0 Å². The molecular formula is C20H39N7O2. The monoisotopic (exact) mass is 409 g/mol. The minimum atomic E-state index is 0.556. The lowest BCUT2D eigenvalue weighted by atomic mass is 10.2.